The molecule has 0 amide bonds. The molecule has 0 fully saturated rings. The molecule has 0 aliphatic rings. The quantitative estimate of drug-likeness (QED) is 0.660. The van der Waals surface area contributed by atoms with Crippen molar-refractivity contribution in [2.24, 2.45) is 0 Å². The van der Waals surface area contributed by atoms with E-state index in [1.165, 1.54) is 12.1 Å². The van der Waals surface area contributed by atoms with E-state index >= 15 is 0 Å². The van der Waals surface area contributed by atoms with Gasteiger partial charge in [0.1, 0.15) is 10.5 Å². The van der Waals surface area contributed by atoms with Crippen LogP contribution in [0.2, 0.25) is 0 Å². The average molecular weight is 202 g/mol. The van der Waals surface area contributed by atoms with Gasteiger partial charge >= 0.3 is 0 Å². The molecule has 0 aromatic heterocycles. The summed E-state index contributed by atoms with van der Waals surface area (Å²) in [5, 5.41) is 0. The van der Waals surface area contributed by atoms with Gasteiger partial charge in [0.15, 0.2) is 11.6 Å². The predicted octanol–water partition coefficient (Wildman–Crippen LogP) is 1.50. The van der Waals surface area contributed by atoms with Crippen LogP contribution in [0.25, 0.3) is 0 Å². The van der Waals surface area contributed by atoms with Gasteiger partial charge in [-0.05, 0) is 31.5 Å². The highest BCUT2D eigenvalue weighted by Gasteiger charge is 2.19. The second kappa shape index (κ2) is 3.55. The summed E-state index contributed by atoms with van der Waals surface area (Å²) in [5.41, 5.74) is 0.127. The lowest BCUT2D eigenvalue weighted by Gasteiger charge is -2.24. The van der Waals surface area contributed by atoms with Crippen molar-refractivity contribution in [2.45, 2.75) is 19.4 Å². The van der Waals surface area contributed by atoms with E-state index in [9.17, 15) is 8.78 Å². The van der Waals surface area contributed by atoms with Crippen molar-refractivity contribution in [3.8, 4) is 0 Å². The molecule has 0 atom stereocenters. The summed E-state index contributed by atoms with van der Waals surface area (Å²) in [5.74, 6) is -1.66. The van der Waals surface area contributed by atoms with Crippen molar-refractivity contribution >= 4 is 10.5 Å². The fraction of sp³-hybridized carbons (Fsp3) is 0.333. The summed E-state index contributed by atoms with van der Waals surface area (Å²) < 4.78 is 30.7. The van der Waals surface area contributed by atoms with Crippen LogP contribution in [0.5, 0.6) is 0 Å². The summed E-state index contributed by atoms with van der Waals surface area (Å²) in [7, 11) is 0.562. The van der Waals surface area contributed by atoms with E-state index < -0.39 is 17.2 Å². The molecule has 1 aromatic carbocycles. The minimum absolute atomic E-state index is 0.527. The zero-order chi connectivity index (χ0) is 10.1. The first-order chi connectivity index (χ1) is 5.97. The molecule has 0 bridgehead atoms. The Morgan fingerprint density at radius 3 is 2.31 bits per heavy atom. The Morgan fingerprint density at radius 1 is 1.23 bits per heavy atom. The fourth-order valence-corrected chi connectivity index (χ4v) is 1.22. The zero-order valence-electron chi connectivity index (χ0n) is 7.90. The molecule has 0 heterocycles. The Morgan fingerprint density at radius 2 is 1.85 bits per heavy atom. The number of rotatable bonds is 2. The Labute approximate surface area is 79.3 Å². The number of halogens is 2. The second-order valence-electron chi connectivity index (χ2n) is 3.34. The molecule has 0 spiro atoms. The van der Waals surface area contributed by atoms with Gasteiger partial charge in [-0.15, -0.1) is 0 Å². The van der Waals surface area contributed by atoms with Crippen LogP contribution in [-0.2, 0) is 10.0 Å². The van der Waals surface area contributed by atoms with Gasteiger partial charge in [0.2, 0.25) is 0 Å². The van der Waals surface area contributed by atoms with Crippen molar-refractivity contribution in [1.29, 1.82) is 0 Å². The van der Waals surface area contributed by atoms with Gasteiger partial charge in [0.25, 0.3) is 0 Å². The Bertz CT molecular complexity index is 312. The molecule has 0 N–H and O–H groups in total. The van der Waals surface area contributed by atoms with Crippen LogP contribution in [0.15, 0.2) is 18.2 Å². The van der Waals surface area contributed by atoms with Crippen LogP contribution >= 0.6 is 0 Å². The van der Waals surface area contributed by atoms with Crippen LogP contribution < -0.4 is 0 Å². The largest absolute Gasteiger partial charge is 0.419 e. The van der Waals surface area contributed by atoms with E-state index in [4.69, 9.17) is 4.43 Å². The van der Waals surface area contributed by atoms with Crippen molar-refractivity contribution in [1.82, 2.24) is 0 Å². The van der Waals surface area contributed by atoms with Crippen LogP contribution in [0.3, 0.4) is 0 Å². The van der Waals surface area contributed by atoms with Gasteiger partial charge in [0.05, 0.1) is 5.60 Å². The van der Waals surface area contributed by atoms with Gasteiger partial charge in [-0.3, -0.25) is 0 Å². The van der Waals surface area contributed by atoms with E-state index in [-0.39, 0.29) is 0 Å². The third-order valence-electron chi connectivity index (χ3n) is 2.13. The maximum absolute atomic E-state index is 12.8. The van der Waals surface area contributed by atoms with Crippen LogP contribution in [0.4, 0.5) is 8.78 Å². The zero-order valence-corrected chi connectivity index (χ0v) is 9.90. The molecule has 0 saturated carbocycles. The van der Waals surface area contributed by atoms with Crippen LogP contribution in [-0.4, -0.2) is 10.5 Å². The first-order valence-electron chi connectivity index (χ1n) is 3.98. The van der Waals surface area contributed by atoms with E-state index in [1.807, 2.05) is 13.8 Å². The highest BCUT2D eigenvalue weighted by Crippen LogP contribution is 2.24. The molecule has 4 heteroatoms. The van der Waals surface area contributed by atoms with Crippen molar-refractivity contribution < 1.29 is 13.2 Å². The summed E-state index contributed by atoms with van der Waals surface area (Å²) in [4.78, 5) is 0. The lowest BCUT2D eigenvalue weighted by Crippen LogP contribution is -2.20. The topological polar surface area (TPSA) is 9.23 Å². The van der Waals surface area contributed by atoms with Crippen LogP contribution in [0.1, 0.15) is 19.4 Å². The summed E-state index contributed by atoms with van der Waals surface area (Å²) in [6.45, 7) is 3.65. The highest BCUT2D eigenvalue weighted by molar-refractivity contribution is 5.98. The number of hydrogen-bond acceptors (Lipinski definition) is 1. The molecule has 13 heavy (non-hydrogen) atoms. The number of benzene rings is 1. The Kier molecular flexibility index (Phi) is 2.83. The van der Waals surface area contributed by atoms with E-state index in [2.05, 4.69) is 0 Å². The maximum Gasteiger partial charge on any atom is 0.159 e. The van der Waals surface area contributed by atoms with Crippen molar-refractivity contribution in [3.63, 3.8) is 0 Å². The first-order valence-corrected chi connectivity index (χ1v) is 4.79. The second-order valence-corrected chi connectivity index (χ2v) is 3.75. The summed E-state index contributed by atoms with van der Waals surface area (Å²) >= 11 is 0. The standard InChI is InChI=1S/C9H12F2OSi/c1-9(2,12-13)6-3-4-7(10)8(11)5-6/h3-5H,1-2,13H3. The molecule has 0 radical (unpaired) electrons. The van der Waals surface area contributed by atoms with Crippen molar-refractivity contribution in [3.05, 3.63) is 35.4 Å². The predicted molar refractivity (Wildman–Crippen MR) is 50.4 cm³/mol. The summed E-state index contributed by atoms with van der Waals surface area (Å²) in [6, 6.07) is 3.83. The smallest absolute Gasteiger partial charge is 0.159 e. The molecule has 1 rings (SSSR count). The highest BCUT2D eigenvalue weighted by atomic mass is 28.2. The number of hydrogen-bond donors (Lipinski definition) is 0. The van der Waals surface area contributed by atoms with Gasteiger partial charge in [-0.25, -0.2) is 8.78 Å². The molecule has 0 saturated heterocycles. The lowest BCUT2D eigenvalue weighted by atomic mass is 9.98. The Hall–Kier alpha value is -0.743. The van der Waals surface area contributed by atoms with Gasteiger partial charge in [0, 0.05) is 0 Å². The van der Waals surface area contributed by atoms with E-state index in [0.29, 0.717) is 16.0 Å². The van der Waals surface area contributed by atoms with Crippen LogP contribution in [0, 0.1) is 11.6 Å². The third-order valence-corrected chi connectivity index (χ3v) is 3.15. The average Bonchev–Trinajstić information content (AvgIpc) is 2.09. The molecule has 0 unspecified atom stereocenters. The lowest BCUT2D eigenvalue weighted by molar-refractivity contribution is 0.123. The molecular formula is C9H12F2OSi. The molecular weight excluding hydrogens is 190 g/mol. The molecule has 0 aliphatic heterocycles. The van der Waals surface area contributed by atoms with E-state index in [0.717, 1.165) is 6.07 Å². The minimum Gasteiger partial charge on any atom is -0.419 e. The third kappa shape index (κ3) is 2.13. The van der Waals surface area contributed by atoms with Gasteiger partial charge < -0.3 is 4.43 Å². The Balaban J connectivity index is 3.10. The van der Waals surface area contributed by atoms with Gasteiger partial charge in [-0.1, -0.05) is 6.07 Å². The molecule has 1 aromatic rings. The summed E-state index contributed by atoms with van der Waals surface area (Å²) in [6.07, 6.45) is 0. The van der Waals surface area contributed by atoms with Gasteiger partial charge in [-0.2, -0.15) is 0 Å². The normalized spacial score (nSPS) is 12.0. The fourth-order valence-electron chi connectivity index (χ4n) is 0.988. The maximum atomic E-state index is 12.8. The monoisotopic (exact) mass is 202 g/mol. The first kappa shape index (κ1) is 10.3. The molecule has 72 valence electrons. The molecule has 0 aliphatic carbocycles. The molecule has 1 nitrogen and oxygen atoms in total. The SMILES string of the molecule is CC(C)(O[SiH3])c1ccc(F)c(F)c1. The van der Waals surface area contributed by atoms with E-state index in [1.54, 1.807) is 0 Å². The van der Waals surface area contributed by atoms with Crippen molar-refractivity contribution in [2.75, 3.05) is 0 Å². The minimum atomic E-state index is -0.829.